The third kappa shape index (κ3) is 2.91. The van der Waals surface area contributed by atoms with Crippen LogP contribution in [0.3, 0.4) is 0 Å². The maximum absolute atomic E-state index is 10.4. The van der Waals surface area contributed by atoms with Crippen LogP contribution in [0.2, 0.25) is 0 Å². The second-order valence-corrected chi connectivity index (χ2v) is 5.11. The molecule has 2 rings (SSSR count). The monoisotopic (exact) mass is 250 g/mol. The largest absolute Gasteiger partial charge is 0.388 e. The van der Waals surface area contributed by atoms with Crippen LogP contribution in [0.4, 0.5) is 0 Å². The number of rotatable bonds is 2. The molecule has 1 saturated carbocycles. The van der Waals surface area contributed by atoms with E-state index in [1.54, 1.807) is 5.54 Å². The summed E-state index contributed by atoms with van der Waals surface area (Å²) >= 11 is 5.86. The van der Waals surface area contributed by atoms with Crippen LogP contribution in [-0.4, -0.2) is 5.11 Å². The highest BCUT2D eigenvalue weighted by molar-refractivity contribution is 6.25. The van der Waals surface area contributed by atoms with Crippen molar-refractivity contribution in [1.82, 2.24) is 0 Å². The molecule has 1 aliphatic rings. The number of hydrogen-bond acceptors (Lipinski definition) is 1. The molecular formula is C15H19ClO. The number of aliphatic hydroxyl groups is 1. The van der Waals surface area contributed by atoms with Crippen molar-refractivity contribution in [3.63, 3.8) is 0 Å². The quantitative estimate of drug-likeness (QED) is 0.828. The second-order valence-electron chi connectivity index (χ2n) is 4.89. The Balaban J connectivity index is 2.18. The van der Waals surface area contributed by atoms with Crippen LogP contribution in [0.15, 0.2) is 35.4 Å². The molecule has 0 radical (unpaired) electrons. The Labute approximate surface area is 108 Å². The maximum atomic E-state index is 10.4. The van der Waals surface area contributed by atoms with Gasteiger partial charge in [-0.3, -0.25) is 0 Å². The van der Waals surface area contributed by atoms with E-state index in [-0.39, 0.29) is 5.92 Å². The highest BCUT2D eigenvalue weighted by Gasteiger charge is 2.26. The molecule has 0 bridgehead atoms. The molecule has 92 valence electrons. The average Bonchev–Trinajstić information content (AvgIpc) is 2.39. The lowest BCUT2D eigenvalue weighted by molar-refractivity contribution is 0.112. The molecule has 1 aromatic carbocycles. The van der Waals surface area contributed by atoms with E-state index in [1.807, 2.05) is 24.3 Å². The van der Waals surface area contributed by atoms with E-state index in [0.29, 0.717) is 0 Å². The number of benzene rings is 1. The summed E-state index contributed by atoms with van der Waals surface area (Å²) < 4.78 is 0. The molecule has 2 atom stereocenters. The summed E-state index contributed by atoms with van der Waals surface area (Å²) in [6.07, 6.45) is 4.02. The molecule has 1 aromatic rings. The van der Waals surface area contributed by atoms with Gasteiger partial charge in [-0.25, -0.2) is 0 Å². The number of hydrogen-bond donors (Lipinski definition) is 1. The highest BCUT2D eigenvalue weighted by atomic mass is 35.5. The van der Waals surface area contributed by atoms with Gasteiger partial charge in [0, 0.05) is 11.5 Å². The van der Waals surface area contributed by atoms with Crippen LogP contribution < -0.4 is 0 Å². The first-order chi connectivity index (χ1) is 8.22. The van der Waals surface area contributed by atoms with Crippen molar-refractivity contribution in [2.75, 3.05) is 0 Å². The van der Waals surface area contributed by atoms with Crippen molar-refractivity contribution < 1.29 is 5.11 Å². The van der Waals surface area contributed by atoms with Crippen molar-refractivity contribution in [1.29, 1.82) is 0 Å². The Kier molecular flexibility index (Phi) is 4.25. The highest BCUT2D eigenvalue weighted by Crippen LogP contribution is 2.38. The van der Waals surface area contributed by atoms with Gasteiger partial charge in [0.1, 0.15) is 0 Å². The number of aryl methyl sites for hydroxylation is 1. The van der Waals surface area contributed by atoms with Gasteiger partial charge in [0.15, 0.2) is 0 Å². The summed E-state index contributed by atoms with van der Waals surface area (Å²) in [6.45, 7) is 2.06. The van der Waals surface area contributed by atoms with Crippen molar-refractivity contribution in [3.8, 4) is 0 Å². The van der Waals surface area contributed by atoms with Gasteiger partial charge in [-0.2, -0.15) is 0 Å². The SMILES string of the molecule is Cc1ccc([C@H](O)[C@@H]2CCCC/C2=C/Cl)cc1. The normalized spacial score (nSPS) is 24.9. The smallest absolute Gasteiger partial charge is 0.0855 e. The van der Waals surface area contributed by atoms with Crippen molar-refractivity contribution in [2.45, 2.75) is 38.7 Å². The molecule has 0 aromatic heterocycles. The first kappa shape index (κ1) is 12.7. The molecular weight excluding hydrogens is 232 g/mol. The molecule has 1 aliphatic carbocycles. The van der Waals surface area contributed by atoms with Gasteiger partial charge in [-0.05, 0) is 31.7 Å². The first-order valence-electron chi connectivity index (χ1n) is 6.26. The molecule has 1 N–H and O–H groups in total. The lowest BCUT2D eigenvalue weighted by Crippen LogP contribution is -2.18. The van der Waals surface area contributed by atoms with Crippen LogP contribution in [0, 0.1) is 12.8 Å². The predicted molar refractivity (Wildman–Crippen MR) is 72.0 cm³/mol. The molecule has 0 heterocycles. The van der Waals surface area contributed by atoms with Crippen molar-refractivity contribution >= 4 is 11.6 Å². The van der Waals surface area contributed by atoms with Gasteiger partial charge in [0.2, 0.25) is 0 Å². The summed E-state index contributed by atoms with van der Waals surface area (Å²) in [5.41, 5.74) is 5.09. The van der Waals surface area contributed by atoms with Crippen molar-refractivity contribution in [2.24, 2.45) is 5.92 Å². The Morgan fingerprint density at radius 3 is 2.65 bits per heavy atom. The van der Waals surface area contributed by atoms with E-state index < -0.39 is 6.10 Å². The lowest BCUT2D eigenvalue weighted by Gasteiger charge is -2.29. The summed E-state index contributed by atoms with van der Waals surface area (Å²) in [5.74, 6) is 0.198. The van der Waals surface area contributed by atoms with Gasteiger partial charge >= 0.3 is 0 Å². The average molecular weight is 251 g/mol. The van der Waals surface area contributed by atoms with Gasteiger partial charge in [0.25, 0.3) is 0 Å². The van der Waals surface area contributed by atoms with E-state index in [9.17, 15) is 5.11 Å². The number of aliphatic hydroxyl groups excluding tert-OH is 1. The van der Waals surface area contributed by atoms with E-state index >= 15 is 0 Å². The molecule has 0 saturated heterocycles. The minimum atomic E-state index is -0.416. The molecule has 0 spiro atoms. The summed E-state index contributed by atoms with van der Waals surface area (Å²) in [4.78, 5) is 0. The van der Waals surface area contributed by atoms with Gasteiger partial charge in [-0.15, -0.1) is 0 Å². The zero-order valence-electron chi connectivity index (χ0n) is 10.2. The van der Waals surface area contributed by atoms with Crippen molar-refractivity contribution in [3.05, 3.63) is 46.5 Å². The van der Waals surface area contributed by atoms with Crippen LogP contribution in [0.1, 0.15) is 42.9 Å². The van der Waals surface area contributed by atoms with Crippen LogP contribution in [0.25, 0.3) is 0 Å². The first-order valence-corrected chi connectivity index (χ1v) is 6.70. The van der Waals surface area contributed by atoms with Crippen LogP contribution >= 0.6 is 11.6 Å². The van der Waals surface area contributed by atoms with E-state index in [1.165, 1.54) is 24.0 Å². The van der Waals surface area contributed by atoms with E-state index in [2.05, 4.69) is 6.92 Å². The molecule has 17 heavy (non-hydrogen) atoms. The molecule has 1 nitrogen and oxygen atoms in total. The topological polar surface area (TPSA) is 20.2 Å². The third-order valence-corrected chi connectivity index (χ3v) is 3.93. The Bertz CT molecular complexity index is 394. The minimum absolute atomic E-state index is 0.198. The fourth-order valence-electron chi connectivity index (χ4n) is 2.56. The molecule has 0 aliphatic heterocycles. The number of halogens is 1. The fraction of sp³-hybridized carbons (Fsp3) is 0.467. The summed E-state index contributed by atoms with van der Waals surface area (Å²) in [5, 5.41) is 10.4. The van der Waals surface area contributed by atoms with E-state index in [0.717, 1.165) is 18.4 Å². The van der Waals surface area contributed by atoms with E-state index in [4.69, 9.17) is 11.6 Å². The third-order valence-electron chi connectivity index (χ3n) is 3.65. The zero-order chi connectivity index (χ0) is 12.3. The predicted octanol–water partition coefficient (Wildman–Crippen LogP) is 4.34. The summed E-state index contributed by atoms with van der Waals surface area (Å²) in [6, 6.07) is 8.12. The molecule has 1 fully saturated rings. The lowest BCUT2D eigenvalue weighted by atomic mass is 9.79. The maximum Gasteiger partial charge on any atom is 0.0855 e. The van der Waals surface area contributed by atoms with Gasteiger partial charge in [0.05, 0.1) is 6.10 Å². The van der Waals surface area contributed by atoms with Gasteiger partial charge in [-0.1, -0.05) is 53.4 Å². The Hall–Kier alpha value is -0.790. The molecule has 2 heteroatoms. The minimum Gasteiger partial charge on any atom is -0.388 e. The second kappa shape index (κ2) is 5.70. The van der Waals surface area contributed by atoms with Gasteiger partial charge < -0.3 is 5.11 Å². The zero-order valence-corrected chi connectivity index (χ0v) is 11.0. The summed E-state index contributed by atoms with van der Waals surface area (Å²) in [7, 11) is 0. The van der Waals surface area contributed by atoms with Crippen LogP contribution in [0.5, 0.6) is 0 Å². The molecule has 0 unspecified atom stereocenters. The Morgan fingerprint density at radius 2 is 2.00 bits per heavy atom. The standard InChI is InChI=1S/C15H19ClO/c1-11-6-8-12(9-7-11)15(17)14-5-3-2-4-13(14)10-16/h6-10,14-15,17H,2-5H2,1H3/b13-10-/t14-,15+/m1/s1. The Morgan fingerprint density at radius 1 is 1.29 bits per heavy atom. The molecule has 0 amide bonds. The fourth-order valence-corrected chi connectivity index (χ4v) is 2.83. The van der Waals surface area contributed by atoms with Crippen LogP contribution in [-0.2, 0) is 0 Å².